The highest BCUT2D eigenvalue weighted by Crippen LogP contribution is 2.20. The van der Waals surface area contributed by atoms with E-state index < -0.39 is 5.97 Å². The fourth-order valence-corrected chi connectivity index (χ4v) is 1.52. The first-order chi connectivity index (χ1) is 6.15. The molecule has 0 atom stereocenters. The molecule has 0 saturated heterocycles. The smallest absolute Gasteiger partial charge is 0.339 e. The fraction of sp³-hybridized carbons (Fsp3) is 0.222. The molecule has 0 aromatic heterocycles. The van der Waals surface area contributed by atoms with E-state index in [1.54, 1.807) is 17.8 Å². The summed E-state index contributed by atoms with van der Waals surface area (Å²) in [6, 6.07) is 4.63. The van der Waals surface area contributed by atoms with Crippen LogP contribution in [0.2, 0.25) is 0 Å². The van der Waals surface area contributed by atoms with Crippen LogP contribution in [0.3, 0.4) is 0 Å². The summed E-state index contributed by atoms with van der Waals surface area (Å²) in [6.45, 7) is 0. The van der Waals surface area contributed by atoms with Crippen molar-refractivity contribution in [3.8, 4) is 5.75 Å². The molecule has 0 saturated carbocycles. The minimum atomic E-state index is -1.10. The number of carboxylic acid groups (broad SMARTS) is 1. The van der Waals surface area contributed by atoms with Crippen molar-refractivity contribution in [2.45, 2.75) is 5.75 Å². The number of benzene rings is 1. The van der Waals surface area contributed by atoms with Crippen LogP contribution in [0.15, 0.2) is 18.2 Å². The summed E-state index contributed by atoms with van der Waals surface area (Å²) in [4.78, 5) is 10.6. The minimum absolute atomic E-state index is 0.0356. The van der Waals surface area contributed by atoms with Crippen molar-refractivity contribution < 1.29 is 15.0 Å². The second-order valence-electron chi connectivity index (χ2n) is 2.59. The maximum Gasteiger partial charge on any atom is 0.339 e. The molecular weight excluding hydrogens is 188 g/mol. The first kappa shape index (κ1) is 9.92. The quantitative estimate of drug-likeness (QED) is 0.779. The topological polar surface area (TPSA) is 57.5 Å². The monoisotopic (exact) mass is 198 g/mol. The van der Waals surface area contributed by atoms with Gasteiger partial charge in [0.15, 0.2) is 0 Å². The number of hydrogen-bond donors (Lipinski definition) is 2. The molecule has 0 amide bonds. The van der Waals surface area contributed by atoms with Crippen LogP contribution in [0.25, 0.3) is 0 Å². The molecule has 0 aliphatic carbocycles. The number of thioether (sulfide) groups is 1. The molecule has 70 valence electrons. The van der Waals surface area contributed by atoms with Gasteiger partial charge in [-0.2, -0.15) is 11.8 Å². The van der Waals surface area contributed by atoms with Gasteiger partial charge in [-0.05, 0) is 24.0 Å². The molecule has 0 bridgehead atoms. The van der Waals surface area contributed by atoms with Crippen molar-refractivity contribution in [3.63, 3.8) is 0 Å². The summed E-state index contributed by atoms with van der Waals surface area (Å²) >= 11 is 1.61. The maximum atomic E-state index is 10.6. The summed E-state index contributed by atoms with van der Waals surface area (Å²) < 4.78 is 0. The lowest BCUT2D eigenvalue weighted by Crippen LogP contribution is -1.97. The van der Waals surface area contributed by atoms with Gasteiger partial charge >= 0.3 is 5.97 Å². The van der Waals surface area contributed by atoms with Crippen LogP contribution < -0.4 is 0 Å². The highest BCUT2D eigenvalue weighted by atomic mass is 32.2. The molecule has 1 aromatic carbocycles. The van der Waals surface area contributed by atoms with Gasteiger partial charge in [0.05, 0.1) is 0 Å². The minimum Gasteiger partial charge on any atom is -0.507 e. The number of hydrogen-bond acceptors (Lipinski definition) is 3. The molecule has 2 N–H and O–H groups in total. The molecule has 1 aromatic rings. The predicted octanol–water partition coefficient (Wildman–Crippen LogP) is 1.95. The molecule has 3 nitrogen and oxygen atoms in total. The molecule has 0 fully saturated rings. The van der Waals surface area contributed by atoms with Crippen molar-refractivity contribution in [2.75, 3.05) is 6.26 Å². The Morgan fingerprint density at radius 3 is 2.77 bits per heavy atom. The second kappa shape index (κ2) is 4.18. The Morgan fingerprint density at radius 1 is 1.54 bits per heavy atom. The summed E-state index contributed by atoms with van der Waals surface area (Å²) in [5, 5.41) is 17.9. The normalized spacial score (nSPS) is 9.92. The predicted molar refractivity (Wildman–Crippen MR) is 52.3 cm³/mol. The van der Waals surface area contributed by atoms with E-state index in [-0.39, 0.29) is 11.3 Å². The van der Waals surface area contributed by atoms with E-state index in [4.69, 9.17) is 5.11 Å². The highest BCUT2D eigenvalue weighted by molar-refractivity contribution is 7.97. The van der Waals surface area contributed by atoms with Gasteiger partial charge in [-0.3, -0.25) is 0 Å². The van der Waals surface area contributed by atoms with Crippen molar-refractivity contribution in [1.29, 1.82) is 0 Å². The first-order valence-corrected chi connectivity index (χ1v) is 5.08. The molecule has 0 aliphatic heterocycles. The zero-order chi connectivity index (χ0) is 9.84. The van der Waals surface area contributed by atoms with Crippen LogP contribution in [0.1, 0.15) is 15.9 Å². The number of carbonyl (C=O) groups is 1. The van der Waals surface area contributed by atoms with E-state index in [0.29, 0.717) is 0 Å². The summed E-state index contributed by atoms with van der Waals surface area (Å²) in [7, 11) is 0. The SMILES string of the molecule is CSCc1ccc(O)c(C(=O)O)c1. The zero-order valence-electron chi connectivity index (χ0n) is 7.15. The molecule has 1 rings (SSSR count). The average Bonchev–Trinajstić information content (AvgIpc) is 2.08. The van der Waals surface area contributed by atoms with Gasteiger partial charge in [0.1, 0.15) is 11.3 Å². The van der Waals surface area contributed by atoms with Crippen molar-refractivity contribution in [1.82, 2.24) is 0 Å². The van der Waals surface area contributed by atoms with Crippen molar-refractivity contribution in [3.05, 3.63) is 29.3 Å². The van der Waals surface area contributed by atoms with Gasteiger partial charge in [-0.15, -0.1) is 0 Å². The first-order valence-electron chi connectivity index (χ1n) is 3.69. The van der Waals surface area contributed by atoms with E-state index in [9.17, 15) is 9.90 Å². The Labute approximate surface area is 80.4 Å². The number of rotatable bonds is 3. The number of carboxylic acids is 1. The molecule has 0 unspecified atom stereocenters. The van der Waals surface area contributed by atoms with Crippen LogP contribution >= 0.6 is 11.8 Å². The molecule has 0 radical (unpaired) electrons. The molecular formula is C9H10O3S. The van der Waals surface area contributed by atoms with E-state index in [1.807, 2.05) is 6.26 Å². The van der Waals surface area contributed by atoms with Crippen LogP contribution in [0, 0.1) is 0 Å². The van der Waals surface area contributed by atoms with Gasteiger partial charge in [-0.1, -0.05) is 6.07 Å². The zero-order valence-corrected chi connectivity index (χ0v) is 7.97. The van der Waals surface area contributed by atoms with Gasteiger partial charge in [0, 0.05) is 5.75 Å². The van der Waals surface area contributed by atoms with Crippen LogP contribution in [0.5, 0.6) is 5.75 Å². The largest absolute Gasteiger partial charge is 0.507 e. The molecule has 13 heavy (non-hydrogen) atoms. The van der Waals surface area contributed by atoms with Crippen molar-refractivity contribution in [2.24, 2.45) is 0 Å². The lowest BCUT2D eigenvalue weighted by Gasteiger charge is -2.02. The second-order valence-corrected chi connectivity index (χ2v) is 3.46. The van der Waals surface area contributed by atoms with E-state index in [1.165, 1.54) is 12.1 Å². The lowest BCUT2D eigenvalue weighted by atomic mass is 10.1. The Bertz CT molecular complexity index is 323. The van der Waals surface area contributed by atoms with E-state index in [0.717, 1.165) is 11.3 Å². The number of aromatic carboxylic acids is 1. The summed E-state index contributed by atoms with van der Waals surface area (Å²) in [6.07, 6.45) is 1.94. The summed E-state index contributed by atoms with van der Waals surface area (Å²) in [5.74, 6) is -0.529. The molecule has 0 spiro atoms. The Hall–Kier alpha value is -1.16. The molecule has 0 heterocycles. The Balaban J connectivity index is 3.04. The lowest BCUT2D eigenvalue weighted by molar-refractivity contribution is 0.0693. The molecule has 0 aliphatic rings. The maximum absolute atomic E-state index is 10.6. The van der Waals surface area contributed by atoms with Gasteiger partial charge in [-0.25, -0.2) is 4.79 Å². The van der Waals surface area contributed by atoms with Gasteiger partial charge in [0.2, 0.25) is 0 Å². The van der Waals surface area contributed by atoms with Gasteiger partial charge in [0.25, 0.3) is 0 Å². The van der Waals surface area contributed by atoms with Gasteiger partial charge < -0.3 is 10.2 Å². The van der Waals surface area contributed by atoms with E-state index in [2.05, 4.69) is 0 Å². The van der Waals surface area contributed by atoms with Crippen LogP contribution in [-0.4, -0.2) is 22.4 Å². The number of aromatic hydroxyl groups is 1. The Morgan fingerprint density at radius 2 is 2.23 bits per heavy atom. The number of phenols is 1. The van der Waals surface area contributed by atoms with E-state index >= 15 is 0 Å². The van der Waals surface area contributed by atoms with Crippen LogP contribution in [0.4, 0.5) is 0 Å². The standard InChI is InChI=1S/C9H10O3S/c1-13-5-6-2-3-8(10)7(4-6)9(11)12/h2-4,10H,5H2,1H3,(H,11,12). The third-order valence-corrected chi connectivity index (χ3v) is 2.22. The third-order valence-electron chi connectivity index (χ3n) is 1.60. The highest BCUT2D eigenvalue weighted by Gasteiger charge is 2.09. The van der Waals surface area contributed by atoms with Crippen LogP contribution in [-0.2, 0) is 5.75 Å². The Kier molecular flexibility index (Phi) is 3.19. The molecule has 4 heteroatoms. The van der Waals surface area contributed by atoms with Crippen molar-refractivity contribution >= 4 is 17.7 Å². The summed E-state index contributed by atoms with van der Waals surface area (Å²) in [5.41, 5.74) is 0.870. The average molecular weight is 198 g/mol. The third kappa shape index (κ3) is 2.39. The fourth-order valence-electron chi connectivity index (χ4n) is 1.01.